The van der Waals surface area contributed by atoms with Crippen molar-refractivity contribution in [3.05, 3.63) is 69.8 Å². The highest BCUT2D eigenvalue weighted by atomic mass is 16.6. The van der Waals surface area contributed by atoms with Gasteiger partial charge in [-0.15, -0.1) is 0 Å². The third-order valence-corrected chi connectivity index (χ3v) is 2.80. The first-order valence-corrected chi connectivity index (χ1v) is 5.44. The minimum Gasteiger partial charge on any atom is -0.258 e. The summed E-state index contributed by atoms with van der Waals surface area (Å²) < 4.78 is 0. The van der Waals surface area contributed by atoms with Crippen molar-refractivity contribution in [3.63, 3.8) is 0 Å². The second-order valence-electron chi connectivity index (χ2n) is 4.03. The van der Waals surface area contributed by atoms with Crippen molar-refractivity contribution in [2.24, 2.45) is 5.92 Å². The number of nitrogens with zero attached hydrogens (tertiary/aromatic N) is 1. The average molecular weight is 227 g/mol. The molecule has 0 saturated heterocycles. The van der Waals surface area contributed by atoms with Crippen LogP contribution in [0, 0.1) is 16.0 Å². The Morgan fingerprint density at radius 1 is 1.29 bits per heavy atom. The predicted octanol–water partition coefficient (Wildman–Crippen LogP) is 3.74. The molecule has 1 aliphatic carbocycles. The van der Waals surface area contributed by atoms with Gasteiger partial charge in [0.2, 0.25) is 0 Å². The zero-order valence-corrected chi connectivity index (χ0v) is 9.54. The Morgan fingerprint density at radius 3 is 2.53 bits per heavy atom. The van der Waals surface area contributed by atoms with Crippen molar-refractivity contribution in [1.82, 2.24) is 0 Å². The molecule has 86 valence electrons. The van der Waals surface area contributed by atoms with Crippen molar-refractivity contribution in [2.45, 2.75) is 6.92 Å². The molecule has 1 aliphatic rings. The highest BCUT2D eigenvalue weighted by Gasteiger charge is 2.06. The van der Waals surface area contributed by atoms with E-state index < -0.39 is 0 Å². The van der Waals surface area contributed by atoms with Gasteiger partial charge in [-0.05, 0) is 24.6 Å². The van der Waals surface area contributed by atoms with E-state index in [-0.39, 0.29) is 10.6 Å². The van der Waals surface area contributed by atoms with Crippen LogP contribution < -0.4 is 0 Å². The van der Waals surface area contributed by atoms with E-state index in [2.05, 4.69) is 25.2 Å². The number of allylic oxidation sites excluding steroid dienone is 5. The second-order valence-corrected chi connectivity index (χ2v) is 4.03. The summed E-state index contributed by atoms with van der Waals surface area (Å²) in [5.74, 6) is 0.352. The maximum absolute atomic E-state index is 10.5. The van der Waals surface area contributed by atoms with Gasteiger partial charge in [0.05, 0.1) is 4.92 Å². The molecule has 17 heavy (non-hydrogen) atoms. The molecule has 0 amide bonds. The normalized spacial score (nSPS) is 18.6. The minimum atomic E-state index is -0.389. The van der Waals surface area contributed by atoms with E-state index in [4.69, 9.17) is 0 Å². The van der Waals surface area contributed by atoms with Crippen LogP contribution in [0.1, 0.15) is 12.5 Å². The summed E-state index contributed by atoms with van der Waals surface area (Å²) in [6.07, 6.45) is 10.3. The zero-order chi connectivity index (χ0) is 12.3. The number of hydrogen-bond acceptors (Lipinski definition) is 2. The first kappa shape index (κ1) is 11.3. The van der Waals surface area contributed by atoms with E-state index >= 15 is 0 Å². The van der Waals surface area contributed by atoms with Gasteiger partial charge in [-0.3, -0.25) is 10.1 Å². The highest BCUT2D eigenvalue weighted by Crippen LogP contribution is 2.21. The molecule has 0 aromatic heterocycles. The van der Waals surface area contributed by atoms with E-state index in [0.717, 1.165) is 5.56 Å². The first-order chi connectivity index (χ1) is 8.16. The summed E-state index contributed by atoms with van der Waals surface area (Å²) in [5.41, 5.74) is 2.41. The third kappa shape index (κ3) is 2.69. The molecule has 1 atom stereocenters. The van der Waals surface area contributed by atoms with Crippen LogP contribution in [0.15, 0.2) is 54.1 Å². The molecule has 0 fully saturated rings. The number of nitro benzene ring substituents is 1. The number of rotatable bonds is 3. The maximum atomic E-state index is 10.5. The molecule has 3 nitrogen and oxygen atoms in total. The molecule has 0 bridgehead atoms. The predicted molar refractivity (Wildman–Crippen MR) is 68.5 cm³/mol. The molecule has 0 saturated carbocycles. The van der Waals surface area contributed by atoms with Crippen LogP contribution >= 0.6 is 0 Å². The lowest BCUT2D eigenvalue weighted by molar-refractivity contribution is -0.384. The molecule has 0 heterocycles. The Hall–Kier alpha value is -2.16. The fraction of sp³-hybridized carbons (Fsp3) is 0.143. The summed E-state index contributed by atoms with van der Waals surface area (Å²) in [6, 6.07) is 6.55. The molecule has 0 radical (unpaired) electrons. The van der Waals surface area contributed by atoms with Crippen molar-refractivity contribution >= 4 is 11.8 Å². The topological polar surface area (TPSA) is 43.1 Å². The minimum absolute atomic E-state index is 0.124. The van der Waals surface area contributed by atoms with Gasteiger partial charge in [0.1, 0.15) is 0 Å². The van der Waals surface area contributed by atoms with Crippen LogP contribution in [-0.2, 0) is 0 Å². The lowest BCUT2D eigenvalue weighted by Crippen LogP contribution is -1.89. The van der Waals surface area contributed by atoms with Gasteiger partial charge in [0.15, 0.2) is 0 Å². The van der Waals surface area contributed by atoms with Crippen LogP contribution in [0.25, 0.3) is 6.08 Å². The van der Waals surface area contributed by atoms with Gasteiger partial charge in [-0.2, -0.15) is 0 Å². The number of nitro groups is 1. The van der Waals surface area contributed by atoms with Gasteiger partial charge in [-0.25, -0.2) is 0 Å². The summed E-state index contributed by atoms with van der Waals surface area (Å²) in [4.78, 5) is 10.1. The maximum Gasteiger partial charge on any atom is 0.269 e. The van der Waals surface area contributed by atoms with Crippen molar-refractivity contribution < 1.29 is 4.92 Å². The lowest BCUT2D eigenvalue weighted by Gasteiger charge is -2.02. The van der Waals surface area contributed by atoms with Crippen LogP contribution in [0.5, 0.6) is 0 Å². The van der Waals surface area contributed by atoms with Gasteiger partial charge in [0, 0.05) is 18.1 Å². The Balaban J connectivity index is 2.09. The Kier molecular flexibility index (Phi) is 3.19. The molecule has 3 heteroatoms. The molecule has 1 aromatic carbocycles. The molecular formula is C14H13NO2. The highest BCUT2D eigenvalue weighted by molar-refractivity contribution is 5.53. The molecule has 0 N–H and O–H groups in total. The summed E-state index contributed by atoms with van der Waals surface area (Å²) in [6.45, 7) is 2.09. The number of non-ortho nitro benzene ring substituents is 1. The second kappa shape index (κ2) is 4.78. The molecule has 1 unspecified atom stereocenters. The van der Waals surface area contributed by atoms with Crippen LogP contribution in [0.3, 0.4) is 0 Å². The lowest BCUT2D eigenvalue weighted by atomic mass is 10.0. The van der Waals surface area contributed by atoms with E-state index in [1.165, 1.54) is 17.7 Å². The van der Waals surface area contributed by atoms with E-state index in [0.29, 0.717) is 5.92 Å². The smallest absolute Gasteiger partial charge is 0.258 e. The fourth-order valence-corrected chi connectivity index (χ4v) is 1.73. The average Bonchev–Trinajstić information content (AvgIpc) is 2.73. The third-order valence-electron chi connectivity index (χ3n) is 2.80. The summed E-state index contributed by atoms with van der Waals surface area (Å²) in [5, 5.41) is 10.5. The zero-order valence-electron chi connectivity index (χ0n) is 9.54. The molecule has 0 aliphatic heterocycles. The van der Waals surface area contributed by atoms with Crippen LogP contribution in [0.2, 0.25) is 0 Å². The van der Waals surface area contributed by atoms with Crippen molar-refractivity contribution in [3.8, 4) is 0 Å². The molecule has 2 rings (SSSR count). The quantitative estimate of drug-likeness (QED) is 0.583. The van der Waals surface area contributed by atoms with Crippen molar-refractivity contribution in [2.75, 3.05) is 0 Å². The van der Waals surface area contributed by atoms with Gasteiger partial charge in [-0.1, -0.05) is 36.0 Å². The van der Waals surface area contributed by atoms with E-state index in [1.807, 2.05) is 12.2 Å². The fourth-order valence-electron chi connectivity index (χ4n) is 1.73. The Bertz CT molecular complexity index is 510. The summed E-state index contributed by atoms with van der Waals surface area (Å²) in [7, 11) is 0. The monoisotopic (exact) mass is 227 g/mol. The molecule has 0 spiro atoms. The number of hydrogen-bond donors (Lipinski definition) is 0. The standard InChI is InChI=1S/C14H13NO2/c1-11-3-2-4-13(11)8-5-12-6-9-14(10-7-12)15(16)17/h2-10,13H,1H3/b8-5+. The van der Waals surface area contributed by atoms with Crippen molar-refractivity contribution in [1.29, 1.82) is 0 Å². The van der Waals surface area contributed by atoms with E-state index in [9.17, 15) is 10.1 Å². The SMILES string of the molecule is CC1=CC=CC1/C=C/c1ccc([N+](=O)[O-])cc1. The van der Waals surface area contributed by atoms with Gasteiger partial charge in [0.25, 0.3) is 5.69 Å². The van der Waals surface area contributed by atoms with Gasteiger partial charge >= 0.3 is 0 Å². The van der Waals surface area contributed by atoms with Crippen LogP contribution in [0.4, 0.5) is 5.69 Å². The van der Waals surface area contributed by atoms with Gasteiger partial charge < -0.3 is 0 Å². The van der Waals surface area contributed by atoms with E-state index in [1.54, 1.807) is 12.1 Å². The Labute approximate surface area is 99.9 Å². The van der Waals surface area contributed by atoms with Crippen LogP contribution in [-0.4, -0.2) is 4.92 Å². The molecular weight excluding hydrogens is 214 g/mol. The Morgan fingerprint density at radius 2 is 2.00 bits per heavy atom. The number of benzene rings is 1. The summed E-state index contributed by atoms with van der Waals surface area (Å²) >= 11 is 0. The largest absolute Gasteiger partial charge is 0.269 e. The first-order valence-electron chi connectivity index (χ1n) is 5.44. The molecule has 1 aromatic rings.